The molecule has 15 heavy (non-hydrogen) atoms. The summed E-state index contributed by atoms with van der Waals surface area (Å²) in [7, 11) is 0. The first-order chi connectivity index (χ1) is 6.68. The van der Waals surface area contributed by atoms with Gasteiger partial charge in [-0.05, 0) is 20.8 Å². The summed E-state index contributed by atoms with van der Waals surface area (Å²) >= 11 is 0. The highest BCUT2D eigenvalue weighted by molar-refractivity contribution is 5.28. The third-order valence-electron chi connectivity index (χ3n) is 1.47. The van der Waals surface area contributed by atoms with E-state index in [1.807, 2.05) is 20.8 Å². The number of nitrogens with zero attached hydrogens (tertiary/aromatic N) is 2. The topological polar surface area (TPSA) is 37.8 Å². The third-order valence-corrected chi connectivity index (χ3v) is 1.47. The first-order valence-electron chi connectivity index (χ1n) is 4.36. The SMILES string of the molecule is CC(C)(C)Nc1ncc(C(F)(F)F)cn1. The van der Waals surface area contributed by atoms with E-state index in [0.717, 1.165) is 12.4 Å². The van der Waals surface area contributed by atoms with Crippen molar-refractivity contribution in [3.8, 4) is 0 Å². The van der Waals surface area contributed by atoms with E-state index in [1.54, 1.807) is 0 Å². The van der Waals surface area contributed by atoms with E-state index in [2.05, 4.69) is 15.3 Å². The average Bonchev–Trinajstić information content (AvgIpc) is 2.00. The number of hydrogen-bond donors (Lipinski definition) is 1. The van der Waals surface area contributed by atoms with Gasteiger partial charge < -0.3 is 5.32 Å². The summed E-state index contributed by atoms with van der Waals surface area (Å²) in [4.78, 5) is 7.18. The summed E-state index contributed by atoms with van der Waals surface area (Å²) in [5.74, 6) is 0.190. The van der Waals surface area contributed by atoms with Crippen LogP contribution in [0, 0.1) is 0 Å². The second-order valence-corrected chi connectivity index (χ2v) is 4.17. The molecule has 0 amide bonds. The van der Waals surface area contributed by atoms with Crippen LogP contribution < -0.4 is 5.32 Å². The van der Waals surface area contributed by atoms with E-state index in [-0.39, 0.29) is 11.5 Å². The molecule has 0 aliphatic rings. The summed E-state index contributed by atoms with van der Waals surface area (Å²) in [5, 5.41) is 2.87. The van der Waals surface area contributed by atoms with Gasteiger partial charge in [-0.15, -0.1) is 0 Å². The van der Waals surface area contributed by atoms with Crippen molar-refractivity contribution in [2.75, 3.05) is 5.32 Å². The lowest BCUT2D eigenvalue weighted by molar-refractivity contribution is -0.138. The van der Waals surface area contributed by atoms with Crippen LogP contribution in [-0.4, -0.2) is 15.5 Å². The molecule has 0 atom stereocenters. The lowest BCUT2D eigenvalue weighted by Gasteiger charge is -2.20. The van der Waals surface area contributed by atoms with E-state index in [4.69, 9.17) is 0 Å². The van der Waals surface area contributed by atoms with Crippen LogP contribution in [0.25, 0.3) is 0 Å². The van der Waals surface area contributed by atoms with E-state index in [0.29, 0.717) is 0 Å². The predicted molar refractivity (Wildman–Crippen MR) is 50.4 cm³/mol. The lowest BCUT2D eigenvalue weighted by atomic mass is 10.1. The van der Waals surface area contributed by atoms with Crippen LogP contribution in [0.3, 0.4) is 0 Å². The maximum Gasteiger partial charge on any atom is 0.419 e. The van der Waals surface area contributed by atoms with Crippen molar-refractivity contribution >= 4 is 5.95 Å². The highest BCUT2D eigenvalue weighted by Gasteiger charge is 2.31. The first-order valence-corrected chi connectivity index (χ1v) is 4.36. The number of aromatic nitrogens is 2. The summed E-state index contributed by atoms with van der Waals surface area (Å²) in [6.07, 6.45) is -2.86. The molecule has 6 heteroatoms. The minimum Gasteiger partial charge on any atom is -0.350 e. The number of halogens is 3. The second kappa shape index (κ2) is 3.67. The number of hydrogen-bond acceptors (Lipinski definition) is 3. The van der Waals surface area contributed by atoms with Gasteiger partial charge in [0.1, 0.15) is 0 Å². The van der Waals surface area contributed by atoms with E-state index in [1.165, 1.54) is 0 Å². The summed E-state index contributed by atoms with van der Waals surface area (Å²) in [5.41, 5.74) is -1.12. The summed E-state index contributed by atoms with van der Waals surface area (Å²) < 4.78 is 36.5. The van der Waals surface area contributed by atoms with Crippen molar-refractivity contribution in [3.63, 3.8) is 0 Å². The molecule has 3 nitrogen and oxygen atoms in total. The smallest absolute Gasteiger partial charge is 0.350 e. The molecule has 1 rings (SSSR count). The van der Waals surface area contributed by atoms with Gasteiger partial charge in [0.25, 0.3) is 0 Å². The molecule has 1 heterocycles. The van der Waals surface area contributed by atoms with Gasteiger partial charge in [-0.1, -0.05) is 0 Å². The highest BCUT2D eigenvalue weighted by Crippen LogP contribution is 2.28. The fourth-order valence-electron chi connectivity index (χ4n) is 0.874. The minimum atomic E-state index is -4.39. The Kier molecular flexibility index (Phi) is 2.88. The minimum absolute atomic E-state index is 0.190. The van der Waals surface area contributed by atoms with Gasteiger partial charge in [-0.2, -0.15) is 13.2 Å². The van der Waals surface area contributed by atoms with Crippen LogP contribution in [-0.2, 0) is 6.18 Å². The Morgan fingerprint density at radius 3 is 1.87 bits per heavy atom. The zero-order valence-corrected chi connectivity index (χ0v) is 8.68. The molecule has 0 aliphatic carbocycles. The first kappa shape index (κ1) is 11.7. The van der Waals surface area contributed by atoms with Gasteiger partial charge in [-0.25, -0.2) is 9.97 Å². The van der Waals surface area contributed by atoms with Crippen molar-refractivity contribution in [2.24, 2.45) is 0 Å². The van der Waals surface area contributed by atoms with Crippen LogP contribution in [0.4, 0.5) is 19.1 Å². The van der Waals surface area contributed by atoms with Gasteiger partial charge in [0.2, 0.25) is 5.95 Å². The molecule has 0 aromatic carbocycles. The van der Waals surface area contributed by atoms with Crippen molar-refractivity contribution < 1.29 is 13.2 Å². The molecular formula is C9H12F3N3. The molecule has 0 spiro atoms. The number of rotatable bonds is 1. The molecule has 0 fully saturated rings. The number of anilines is 1. The largest absolute Gasteiger partial charge is 0.419 e. The third kappa shape index (κ3) is 3.73. The molecule has 0 aliphatic heterocycles. The Morgan fingerprint density at radius 2 is 1.53 bits per heavy atom. The van der Waals surface area contributed by atoms with Gasteiger partial charge in [0, 0.05) is 17.9 Å². The molecule has 0 bridgehead atoms. The van der Waals surface area contributed by atoms with E-state index >= 15 is 0 Å². The van der Waals surface area contributed by atoms with Gasteiger partial charge >= 0.3 is 6.18 Å². The molecule has 1 aromatic heterocycles. The zero-order valence-electron chi connectivity index (χ0n) is 8.68. The van der Waals surface area contributed by atoms with Crippen LogP contribution in [0.15, 0.2) is 12.4 Å². The molecule has 84 valence electrons. The second-order valence-electron chi connectivity index (χ2n) is 4.17. The van der Waals surface area contributed by atoms with Crippen LogP contribution in [0.2, 0.25) is 0 Å². The lowest BCUT2D eigenvalue weighted by Crippen LogP contribution is -2.27. The molecule has 0 unspecified atom stereocenters. The quantitative estimate of drug-likeness (QED) is 0.789. The Balaban J connectivity index is 2.82. The van der Waals surface area contributed by atoms with Gasteiger partial charge in [-0.3, -0.25) is 0 Å². The standard InChI is InChI=1S/C9H12F3N3/c1-8(2,3)15-7-13-4-6(5-14-7)9(10,11)12/h4-5H,1-3H3,(H,13,14,15). The fourth-order valence-corrected chi connectivity index (χ4v) is 0.874. The van der Waals surface area contributed by atoms with Crippen molar-refractivity contribution in [3.05, 3.63) is 18.0 Å². The predicted octanol–water partition coefficient (Wildman–Crippen LogP) is 2.71. The molecule has 1 N–H and O–H groups in total. The Hall–Kier alpha value is -1.33. The molecule has 0 saturated carbocycles. The van der Waals surface area contributed by atoms with Crippen LogP contribution in [0.1, 0.15) is 26.3 Å². The molecule has 0 radical (unpaired) electrons. The monoisotopic (exact) mass is 219 g/mol. The van der Waals surface area contributed by atoms with E-state index in [9.17, 15) is 13.2 Å². The van der Waals surface area contributed by atoms with Crippen LogP contribution >= 0.6 is 0 Å². The Morgan fingerprint density at radius 1 is 1.07 bits per heavy atom. The fraction of sp³-hybridized carbons (Fsp3) is 0.556. The Bertz CT molecular complexity index is 324. The van der Waals surface area contributed by atoms with Crippen LogP contribution in [0.5, 0.6) is 0 Å². The zero-order chi connectivity index (χ0) is 11.7. The van der Waals surface area contributed by atoms with Crippen molar-refractivity contribution in [2.45, 2.75) is 32.5 Å². The maximum absolute atomic E-state index is 12.2. The molecule has 1 aromatic rings. The number of alkyl halides is 3. The number of nitrogens with one attached hydrogen (secondary N) is 1. The maximum atomic E-state index is 12.2. The highest BCUT2D eigenvalue weighted by atomic mass is 19.4. The van der Waals surface area contributed by atoms with Gasteiger partial charge in [0.05, 0.1) is 5.56 Å². The molecule has 0 saturated heterocycles. The molecular weight excluding hydrogens is 207 g/mol. The summed E-state index contributed by atoms with van der Waals surface area (Å²) in [6.45, 7) is 5.61. The summed E-state index contributed by atoms with van der Waals surface area (Å²) in [6, 6.07) is 0. The average molecular weight is 219 g/mol. The Labute approximate surface area is 85.7 Å². The van der Waals surface area contributed by atoms with Gasteiger partial charge in [0.15, 0.2) is 0 Å². The van der Waals surface area contributed by atoms with Crippen molar-refractivity contribution in [1.29, 1.82) is 0 Å². The van der Waals surface area contributed by atoms with E-state index < -0.39 is 11.7 Å². The van der Waals surface area contributed by atoms with Crippen molar-refractivity contribution in [1.82, 2.24) is 9.97 Å². The normalized spacial score (nSPS) is 12.7.